The second-order valence-corrected chi connectivity index (χ2v) is 5.69. The number of nitrogen functional groups attached to an aromatic ring is 1. The van der Waals surface area contributed by atoms with Gasteiger partial charge in [0.2, 0.25) is 0 Å². The van der Waals surface area contributed by atoms with Gasteiger partial charge in [0.05, 0.1) is 30.5 Å². The third kappa shape index (κ3) is 3.21. The number of ether oxygens (including phenoxy) is 1. The molecule has 102 valence electrons. The van der Waals surface area contributed by atoms with Gasteiger partial charge in [-0.2, -0.15) is 5.26 Å². The standard InChI is InChI=1S/C11H14N4O3S/c12-8-9-1-2-11(10(13)7-9)19(16,17)14-15-3-5-18-6-4-15/h1-2,7,14H,3-6,13H2. The van der Waals surface area contributed by atoms with Crippen LogP contribution in [0.5, 0.6) is 0 Å². The molecule has 0 aromatic heterocycles. The minimum absolute atomic E-state index is 0.0296. The van der Waals surface area contributed by atoms with Crippen molar-refractivity contribution in [2.75, 3.05) is 32.0 Å². The van der Waals surface area contributed by atoms with Crippen molar-refractivity contribution in [2.45, 2.75) is 4.90 Å². The van der Waals surface area contributed by atoms with E-state index in [4.69, 9.17) is 15.7 Å². The number of nitrogens with two attached hydrogens (primary N) is 1. The Morgan fingerprint density at radius 2 is 2.05 bits per heavy atom. The molecule has 1 fully saturated rings. The highest BCUT2D eigenvalue weighted by molar-refractivity contribution is 7.89. The van der Waals surface area contributed by atoms with Gasteiger partial charge in [-0.25, -0.2) is 13.4 Å². The van der Waals surface area contributed by atoms with Crippen LogP contribution in [0.3, 0.4) is 0 Å². The maximum absolute atomic E-state index is 12.2. The molecule has 2 rings (SSSR count). The van der Waals surface area contributed by atoms with Crippen molar-refractivity contribution in [3.05, 3.63) is 23.8 Å². The molecule has 1 saturated heterocycles. The van der Waals surface area contributed by atoms with E-state index in [1.54, 1.807) is 5.01 Å². The van der Waals surface area contributed by atoms with Gasteiger partial charge in [-0.05, 0) is 18.2 Å². The molecule has 1 aromatic rings. The number of hydrazine groups is 1. The zero-order chi connectivity index (χ0) is 13.9. The van der Waals surface area contributed by atoms with E-state index in [9.17, 15) is 8.42 Å². The van der Waals surface area contributed by atoms with Gasteiger partial charge < -0.3 is 10.5 Å². The molecule has 7 nitrogen and oxygen atoms in total. The Morgan fingerprint density at radius 3 is 2.63 bits per heavy atom. The Kier molecular flexibility index (Phi) is 4.01. The quantitative estimate of drug-likeness (QED) is 0.735. The molecule has 8 heteroatoms. The Bertz CT molecular complexity index is 603. The first kappa shape index (κ1) is 13.8. The van der Waals surface area contributed by atoms with Crippen LogP contribution >= 0.6 is 0 Å². The number of hydrogen-bond donors (Lipinski definition) is 2. The highest BCUT2D eigenvalue weighted by Gasteiger charge is 2.22. The lowest BCUT2D eigenvalue weighted by Crippen LogP contribution is -2.48. The second-order valence-electron chi connectivity index (χ2n) is 4.06. The summed E-state index contributed by atoms with van der Waals surface area (Å²) in [6.07, 6.45) is 0. The molecule has 0 amide bonds. The van der Waals surface area contributed by atoms with E-state index in [-0.39, 0.29) is 10.6 Å². The average Bonchev–Trinajstić information content (AvgIpc) is 2.38. The molecule has 0 atom stereocenters. The summed E-state index contributed by atoms with van der Waals surface area (Å²) in [6, 6.07) is 6.00. The van der Waals surface area contributed by atoms with Crippen molar-refractivity contribution in [1.82, 2.24) is 9.84 Å². The van der Waals surface area contributed by atoms with Crippen molar-refractivity contribution in [2.24, 2.45) is 0 Å². The fourth-order valence-electron chi connectivity index (χ4n) is 1.74. The average molecular weight is 282 g/mol. The molecule has 0 aliphatic carbocycles. The Morgan fingerprint density at radius 1 is 1.37 bits per heavy atom. The van der Waals surface area contributed by atoms with Crippen LogP contribution in [0.4, 0.5) is 5.69 Å². The highest BCUT2D eigenvalue weighted by Crippen LogP contribution is 2.19. The topological polar surface area (TPSA) is 108 Å². The lowest BCUT2D eigenvalue weighted by Gasteiger charge is -2.26. The first-order chi connectivity index (χ1) is 9.03. The van der Waals surface area contributed by atoms with Crippen molar-refractivity contribution in [3.63, 3.8) is 0 Å². The highest BCUT2D eigenvalue weighted by atomic mass is 32.2. The number of nitrogens with zero attached hydrogens (tertiary/aromatic N) is 2. The molecule has 19 heavy (non-hydrogen) atoms. The second kappa shape index (κ2) is 5.54. The normalized spacial score (nSPS) is 17.0. The molecule has 1 heterocycles. The predicted molar refractivity (Wildman–Crippen MR) is 68.3 cm³/mol. The number of benzene rings is 1. The monoisotopic (exact) mass is 282 g/mol. The van der Waals surface area contributed by atoms with Crippen LogP contribution in [-0.4, -0.2) is 39.7 Å². The fraction of sp³-hybridized carbons (Fsp3) is 0.364. The van der Waals surface area contributed by atoms with Gasteiger partial charge in [-0.3, -0.25) is 0 Å². The van der Waals surface area contributed by atoms with Crippen LogP contribution in [0.25, 0.3) is 0 Å². The SMILES string of the molecule is N#Cc1ccc(S(=O)(=O)NN2CCOCC2)c(N)c1. The minimum atomic E-state index is -3.73. The summed E-state index contributed by atoms with van der Waals surface area (Å²) < 4.78 is 29.5. The van der Waals surface area contributed by atoms with E-state index < -0.39 is 10.0 Å². The molecule has 0 saturated carbocycles. The summed E-state index contributed by atoms with van der Waals surface area (Å²) in [4.78, 5) is 2.42. The van der Waals surface area contributed by atoms with E-state index in [0.29, 0.717) is 31.9 Å². The van der Waals surface area contributed by atoms with E-state index in [0.717, 1.165) is 0 Å². The lowest BCUT2D eigenvalue weighted by atomic mass is 10.2. The number of anilines is 1. The van der Waals surface area contributed by atoms with Crippen LogP contribution in [0.15, 0.2) is 23.1 Å². The lowest BCUT2D eigenvalue weighted by molar-refractivity contribution is 0.0272. The predicted octanol–water partition coefficient (Wildman–Crippen LogP) is -0.334. The van der Waals surface area contributed by atoms with Gasteiger partial charge in [-0.1, -0.05) is 0 Å². The molecule has 1 aliphatic heterocycles. The summed E-state index contributed by atoms with van der Waals surface area (Å²) in [5, 5.41) is 10.3. The summed E-state index contributed by atoms with van der Waals surface area (Å²) in [7, 11) is -3.73. The molecule has 1 aromatic carbocycles. The maximum atomic E-state index is 12.2. The van der Waals surface area contributed by atoms with Crippen LogP contribution < -0.4 is 10.6 Å². The first-order valence-electron chi connectivity index (χ1n) is 5.68. The van der Waals surface area contributed by atoms with Crippen molar-refractivity contribution < 1.29 is 13.2 Å². The number of nitriles is 1. The van der Waals surface area contributed by atoms with Crippen molar-refractivity contribution >= 4 is 15.7 Å². The van der Waals surface area contributed by atoms with Gasteiger partial charge in [0.25, 0.3) is 10.0 Å². The minimum Gasteiger partial charge on any atom is -0.398 e. The molecule has 0 unspecified atom stereocenters. The number of hydrogen-bond acceptors (Lipinski definition) is 6. The van der Waals surface area contributed by atoms with Gasteiger partial charge in [0, 0.05) is 13.1 Å². The van der Waals surface area contributed by atoms with Crippen LogP contribution in [0.1, 0.15) is 5.56 Å². The summed E-state index contributed by atoms with van der Waals surface area (Å²) in [5.41, 5.74) is 6.05. The van der Waals surface area contributed by atoms with Crippen molar-refractivity contribution in [1.29, 1.82) is 5.26 Å². The number of sulfonamides is 1. The summed E-state index contributed by atoms with van der Waals surface area (Å²) in [5.74, 6) is 0. The third-order valence-electron chi connectivity index (χ3n) is 2.69. The molecular weight excluding hydrogens is 268 g/mol. The van der Waals surface area contributed by atoms with Crippen molar-refractivity contribution in [3.8, 4) is 6.07 Å². The summed E-state index contributed by atoms with van der Waals surface area (Å²) >= 11 is 0. The van der Waals surface area contributed by atoms with E-state index in [1.807, 2.05) is 6.07 Å². The van der Waals surface area contributed by atoms with Crippen LogP contribution in [0.2, 0.25) is 0 Å². The van der Waals surface area contributed by atoms with Crippen LogP contribution in [0, 0.1) is 11.3 Å². The first-order valence-corrected chi connectivity index (χ1v) is 7.16. The number of rotatable bonds is 3. The van der Waals surface area contributed by atoms with E-state index in [1.165, 1.54) is 18.2 Å². The van der Waals surface area contributed by atoms with E-state index >= 15 is 0 Å². The number of morpholine rings is 1. The molecule has 1 aliphatic rings. The Labute approximate surface area is 111 Å². The van der Waals surface area contributed by atoms with Gasteiger partial charge >= 0.3 is 0 Å². The fourth-order valence-corrected chi connectivity index (χ4v) is 2.97. The molecule has 0 radical (unpaired) electrons. The molecule has 3 N–H and O–H groups in total. The van der Waals surface area contributed by atoms with Gasteiger partial charge in [0.1, 0.15) is 4.90 Å². The largest absolute Gasteiger partial charge is 0.398 e. The zero-order valence-electron chi connectivity index (χ0n) is 10.2. The summed E-state index contributed by atoms with van der Waals surface area (Å²) in [6.45, 7) is 1.92. The molecule has 0 bridgehead atoms. The third-order valence-corrected chi connectivity index (χ3v) is 4.14. The Balaban J connectivity index is 2.22. The maximum Gasteiger partial charge on any atom is 0.255 e. The zero-order valence-corrected chi connectivity index (χ0v) is 11.0. The van der Waals surface area contributed by atoms with Gasteiger partial charge in [-0.15, -0.1) is 4.83 Å². The molecular formula is C11H14N4O3S. The van der Waals surface area contributed by atoms with Gasteiger partial charge in [0.15, 0.2) is 0 Å². The molecule has 0 spiro atoms. The number of nitrogens with one attached hydrogen (secondary N) is 1. The van der Waals surface area contributed by atoms with Crippen LogP contribution in [-0.2, 0) is 14.8 Å². The van der Waals surface area contributed by atoms with E-state index in [2.05, 4.69) is 4.83 Å². The Hall–Kier alpha value is -1.66. The smallest absolute Gasteiger partial charge is 0.255 e.